The van der Waals surface area contributed by atoms with Gasteiger partial charge in [0.05, 0.1) is 6.04 Å². The lowest BCUT2D eigenvalue weighted by Crippen LogP contribution is -2.34. The largest absolute Gasteiger partial charge is 0.482 e. The number of hydrogen-bond donors (Lipinski definition) is 1. The van der Waals surface area contributed by atoms with Crippen LogP contribution >= 0.6 is 11.6 Å². The summed E-state index contributed by atoms with van der Waals surface area (Å²) >= 11 is 5.88. The fraction of sp³-hybridized carbons (Fsp3) is 0.333. The van der Waals surface area contributed by atoms with Crippen molar-refractivity contribution in [1.29, 1.82) is 0 Å². The van der Waals surface area contributed by atoms with Gasteiger partial charge in [0.2, 0.25) is 0 Å². The maximum absolute atomic E-state index is 12.1. The molecule has 0 bridgehead atoms. The van der Waals surface area contributed by atoms with Crippen molar-refractivity contribution in [3.05, 3.63) is 64.2 Å². The zero-order valence-corrected chi connectivity index (χ0v) is 15.9. The molecule has 0 spiro atoms. The van der Waals surface area contributed by atoms with E-state index in [0.29, 0.717) is 10.8 Å². The molecule has 3 rings (SSSR count). The summed E-state index contributed by atoms with van der Waals surface area (Å²) < 4.78 is 10.4. The van der Waals surface area contributed by atoms with Crippen LogP contribution in [0.4, 0.5) is 0 Å². The van der Waals surface area contributed by atoms with Gasteiger partial charge >= 0.3 is 5.97 Å². The topological polar surface area (TPSA) is 64.6 Å². The average molecular weight is 388 g/mol. The highest BCUT2D eigenvalue weighted by Crippen LogP contribution is 2.29. The maximum atomic E-state index is 12.1. The van der Waals surface area contributed by atoms with Crippen LogP contribution in [0, 0.1) is 6.92 Å². The van der Waals surface area contributed by atoms with Crippen LogP contribution in [0.5, 0.6) is 5.75 Å². The van der Waals surface area contributed by atoms with Crippen molar-refractivity contribution >= 4 is 23.5 Å². The number of ether oxygens (including phenoxy) is 2. The van der Waals surface area contributed by atoms with Gasteiger partial charge in [-0.2, -0.15) is 0 Å². The molecule has 0 radical (unpaired) electrons. The van der Waals surface area contributed by atoms with Gasteiger partial charge in [0.15, 0.2) is 13.2 Å². The fourth-order valence-corrected chi connectivity index (χ4v) is 3.47. The minimum Gasteiger partial charge on any atom is -0.482 e. The quantitative estimate of drug-likeness (QED) is 0.766. The lowest BCUT2D eigenvalue weighted by atomic mass is 9.88. The lowest BCUT2D eigenvalue weighted by Gasteiger charge is -2.26. The maximum Gasteiger partial charge on any atom is 0.344 e. The molecule has 0 saturated heterocycles. The molecule has 0 unspecified atom stereocenters. The van der Waals surface area contributed by atoms with E-state index in [1.165, 1.54) is 5.56 Å². The van der Waals surface area contributed by atoms with Crippen molar-refractivity contribution in [3.63, 3.8) is 0 Å². The Bertz CT molecular complexity index is 837. The predicted molar refractivity (Wildman–Crippen MR) is 103 cm³/mol. The molecular formula is C21H22ClNO4. The smallest absolute Gasteiger partial charge is 0.344 e. The molecule has 1 atom stereocenters. The summed E-state index contributed by atoms with van der Waals surface area (Å²) in [5.41, 5.74) is 3.23. The number of benzene rings is 2. The number of rotatable bonds is 6. The van der Waals surface area contributed by atoms with Gasteiger partial charge in [0.1, 0.15) is 5.75 Å². The number of aryl methyl sites for hydroxylation is 2. The molecule has 5 nitrogen and oxygen atoms in total. The first kappa shape index (κ1) is 19.2. The third-order valence-electron chi connectivity index (χ3n) is 4.55. The van der Waals surface area contributed by atoms with Crippen molar-refractivity contribution < 1.29 is 19.1 Å². The zero-order chi connectivity index (χ0) is 19.2. The number of carbonyl (C=O) groups excluding carboxylic acids is 2. The summed E-state index contributed by atoms with van der Waals surface area (Å²) in [5.74, 6) is -0.351. The summed E-state index contributed by atoms with van der Waals surface area (Å²) in [6, 6.07) is 13.2. The number of carbonyl (C=O) groups is 2. The highest BCUT2D eigenvalue weighted by atomic mass is 35.5. The van der Waals surface area contributed by atoms with Crippen molar-refractivity contribution in [1.82, 2.24) is 5.32 Å². The van der Waals surface area contributed by atoms with Crippen LogP contribution in [-0.2, 0) is 20.7 Å². The summed E-state index contributed by atoms with van der Waals surface area (Å²) in [6.07, 6.45) is 2.94. The average Bonchev–Trinajstić information content (AvgIpc) is 2.66. The molecule has 142 valence electrons. The minimum absolute atomic E-state index is 0.0332. The normalized spacial score (nSPS) is 15.6. The second-order valence-corrected chi connectivity index (χ2v) is 7.01. The number of amides is 1. The molecule has 27 heavy (non-hydrogen) atoms. The van der Waals surface area contributed by atoms with E-state index in [1.54, 1.807) is 18.2 Å². The van der Waals surface area contributed by atoms with E-state index in [1.807, 2.05) is 25.1 Å². The summed E-state index contributed by atoms with van der Waals surface area (Å²) in [4.78, 5) is 24.0. The molecule has 1 amide bonds. The van der Waals surface area contributed by atoms with Gasteiger partial charge in [0, 0.05) is 5.02 Å². The third kappa shape index (κ3) is 5.23. The first-order valence-electron chi connectivity index (χ1n) is 8.94. The Labute approximate surface area is 163 Å². The Kier molecular flexibility index (Phi) is 6.35. The van der Waals surface area contributed by atoms with E-state index >= 15 is 0 Å². The number of halogens is 1. The van der Waals surface area contributed by atoms with Gasteiger partial charge in [-0.25, -0.2) is 4.79 Å². The molecular weight excluding hydrogens is 366 g/mol. The second kappa shape index (κ2) is 8.91. The highest BCUT2D eigenvalue weighted by molar-refractivity contribution is 6.30. The van der Waals surface area contributed by atoms with Gasteiger partial charge in [-0.15, -0.1) is 0 Å². The second-order valence-electron chi connectivity index (χ2n) is 6.57. The molecule has 6 heteroatoms. The minimum atomic E-state index is -0.594. The lowest BCUT2D eigenvalue weighted by molar-refractivity contribution is -0.150. The van der Waals surface area contributed by atoms with Crippen LogP contribution < -0.4 is 10.1 Å². The number of nitrogens with one attached hydrogen (secondary N) is 1. The van der Waals surface area contributed by atoms with E-state index in [2.05, 4.69) is 11.4 Å². The van der Waals surface area contributed by atoms with Gasteiger partial charge < -0.3 is 14.8 Å². The fourth-order valence-electron chi connectivity index (χ4n) is 3.24. The Morgan fingerprint density at radius 2 is 2.00 bits per heavy atom. The SMILES string of the molecule is Cc1cc(Cl)ccc1OCC(=O)OCC(=O)N[C@H]1CCCc2ccccc21. The first-order valence-corrected chi connectivity index (χ1v) is 9.32. The first-order chi connectivity index (χ1) is 13.0. The van der Waals surface area contributed by atoms with Crippen LogP contribution in [0.3, 0.4) is 0 Å². The number of hydrogen-bond acceptors (Lipinski definition) is 4. The molecule has 2 aromatic rings. The molecule has 1 N–H and O–H groups in total. The molecule has 0 aromatic heterocycles. The van der Waals surface area contributed by atoms with E-state index < -0.39 is 5.97 Å². The molecule has 0 aliphatic heterocycles. The number of fused-ring (bicyclic) bond motifs is 1. The van der Waals surface area contributed by atoms with Crippen molar-refractivity contribution in [2.45, 2.75) is 32.2 Å². The highest BCUT2D eigenvalue weighted by Gasteiger charge is 2.21. The van der Waals surface area contributed by atoms with Crippen LogP contribution in [0.1, 0.15) is 35.6 Å². The summed E-state index contributed by atoms with van der Waals surface area (Å²) in [6.45, 7) is 1.25. The Morgan fingerprint density at radius 3 is 2.81 bits per heavy atom. The predicted octanol–water partition coefficient (Wildman–Crippen LogP) is 3.76. The molecule has 1 aliphatic rings. The summed E-state index contributed by atoms with van der Waals surface area (Å²) in [7, 11) is 0. The Hall–Kier alpha value is -2.53. The van der Waals surface area contributed by atoms with Crippen LogP contribution in [0.2, 0.25) is 5.02 Å². The Morgan fingerprint density at radius 1 is 1.19 bits per heavy atom. The van der Waals surface area contributed by atoms with E-state index in [-0.39, 0.29) is 25.2 Å². The third-order valence-corrected chi connectivity index (χ3v) is 4.79. The van der Waals surface area contributed by atoms with Gasteiger partial charge in [-0.3, -0.25) is 4.79 Å². The van der Waals surface area contributed by atoms with Gasteiger partial charge in [0.25, 0.3) is 5.91 Å². The van der Waals surface area contributed by atoms with Crippen LogP contribution in [-0.4, -0.2) is 25.1 Å². The van der Waals surface area contributed by atoms with Crippen molar-refractivity contribution in [2.24, 2.45) is 0 Å². The number of esters is 1. The van der Waals surface area contributed by atoms with E-state index in [0.717, 1.165) is 30.4 Å². The summed E-state index contributed by atoms with van der Waals surface area (Å²) in [5, 5.41) is 3.55. The monoisotopic (exact) mass is 387 g/mol. The van der Waals surface area contributed by atoms with E-state index in [4.69, 9.17) is 21.1 Å². The van der Waals surface area contributed by atoms with Crippen molar-refractivity contribution in [2.75, 3.05) is 13.2 Å². The standard InChI is InChI=1S/C21H22ClNO4/c1-14-11-16(22)9-10-19(14)26-13-21(25)27-12-20(24)23-18-8-4-6-15-5-2-3-7-17(15)18/h2-3,5,7,9-11,18H,4,6,8,12-13H2,1H3,(H,23,24)/t18-/m0/s1. The molecule has 2 aromatic carbocycles. The zero-order valence-electron chi connectivity index (χ0n) is 15.2. The Balaban J connectivity index is 1.45. The molecule has 0 fully saturated rings. The molecule has 1 aliphatic carbocycles. The molecule has 0 saturated carbocycles. The molecule has 0 heterocycles. The van der Waals surface area contributed by atoms with Crippen LogP contribution in [0.25, 0.3) is 0 Å². The van der Waals surface area contributed by atoms with Crippen LogP contribution in [0.15, 0.2) is 42.5 Å². The van der Waals surface area contributed by atoms with Crippen molar-refractivity contribution in [3.8, 4) is 5.75 Å². The van der Waals surface area contributed by atoms with Gasteiger partial charge in [-0.1, -0.05) is 35.9 Å². The van der Waals surface area contributed by atoms with E-state index in [9.17, 15) is 9.59 Å². The van der Waals surface area contributed by atoms with Gasteiger partial charge in [-0.05, 0) is 61.1 Å².